The van der Waals surface area contributed by atoms with Crippen molar-refractivity contribution < 1.29 is 13.8 Å². The van der Waals surface area contributed by atoms with Crippen LogP contribution < -0.4 is 11.2 Å². The number of H-pyrrole nitrogens is 1. The van der Waals surface area contributed by atoms with Crippen LogP contribution in [-0.4, -0.2) is 28.4 Å². The zero-order valence-electron chi connectivity index (χ0n) is 11.2. The van der Waals surface area contributed by atoms with E-state index in [0.29, 0.717) is 0 Å². The Balaban J connectivity index is 2.07. The van der Waals surface area contributed by atoms with Crippen LogP contribution in [0.2, 0.25) is 0 Å². The van der Waals surface area contributed by atoms with E-state index < -0.39 is 37.0 Å². The Bertz CT molecular complexity index is 750. The molecule has 0 bridgehead atoms. The molecule has 0 radical (unpaired) electrons. The van der Waals surface area contributed by atoms with Gasteiger partial charge in [0.25, 0.3) is 5.56 Å². The summed E-state index contributed by atoms with van der Waals surface area (Å²) in [5.41, 5.74) is -2.18. The minimum absolute atomic E-state index is 0.131. The van der Waals surface area contributed by atoms with Crippen molar-refractivity contribution >= 4 is 8.03 Å². The molecular formula is C12H13N3O5P+. The van der Waals surface area contributed by atoms with Gasteiger partial charge in [0.15, 0.2) is 12.4 Å². The molecule has 8 nitrogen and oxygen atoms in total. The van der Waals surface area contributed by atoms with Crippen LogP contribution in [-0.2, 0) is 13.8 Å². The summed E-state index contributed by atoms with van der Waals surface area (Å²) in [6.07, 6.45) is 0.274. The molecule has 2 saturated heterocycles. The summed E-state index contributed by atoms with van der Waals surface area (Å²) < 4.78 is 23.7. The second-order valence-corrected chi connectivity index (χ2v) is 6.65. The van der Waals surface area contributed by atoms with Crippen molar-refractivity contribution in [3.05, 3.63) is 33.1 Å². The second kappa shape index (κ2) is 4.88. The van der Waals surface area contributed by atoms with E-state index in [1.165, 1.54) is 16.8 Å². The van der Waals surface area contributed by atoms with Crippen LogP contribution in [0.4, 0.5) is 0 Å². The minimum Gasteiger partial charge on any atom is -0.350 e. The summed E-state index contributed by atoms with van der Waals surface area (Å²) in [5, 5.41) is 9.57. The van der Waals surface area contributed by atoms with Crippen LogP contribution in [0.25, 0.3) is 0 Å². The number of hydrogen-bond donors (Lipinski definition) is 1. The number of nitriles is 1. The number of aromatic nitrogens is 2. The molecule has 9 heteroatoms. The number of fused-ring (bicyclic) bond motifs is 1. The Morgan fingerprint density at radius 2 is 2.33 bits per heavy atom. The number of hydrogen-bond acceptors (Lipinski definition) is 6. The highest BCUT2D eigenvalue weighted by Gasteiger charge is 2.60. The SMILES string of the molecule is C[C@@]1(C#N)[C@@H]2C[P+](=O)OC[C@H]2O[C@H]1n1ccc(=O)[nH]c1=O. The van der Waals surface area contributed by atoms with Gasteiger partial charge in [-0.15, -0.1) is 4.52 Å². The Kier molecular flexibility index (Phi) is 3.29. The highest BCUT2D eigenvalue weighted by atomic mass is 31.1. The number of nitrogens with one attached hydrogen (secondary N) is 1. The first-order chi connectivity index (χ1) is 9.95. The number of aromatic amines is 1. The molecule has 21 heavy (non-hydrogen) atoms. The number of ether oxygens (including phenoxy) is 1. The minimum atomic E-state index is -1.81. The molecule has 0 saturated carbocycles. The molecule has 5 atom stereocenters. The molecule has 0 spiro atoms. The lowest BCUT2D eigenvalue weighted by Gasteiger charge is -2.27. The van der Waals surface area contributed by atoms with E-state index in [-0.39, 0.29) is 18.7 Å². The van der Waals surface area contributed by atoms with Gasteiger partial charge in [-0.3, -0.25) is 14.3 Å². The van der Waals surface area contributed by atoms with Crippen molar-refractivity contribution in [2.45, 2.75) is 19.3 Å². The predicted octanol–water partition coefficient (Wildman–Crippen LogP) is 0.353. The van der Waals surface area contributed by atoms with Gasteiger partial charge in [0.2, 0.25) is 0 Å². The van der Waals surface area contributed by atoms with Crippen molar-refractivity contribution in [2.24, 2.45) is 11.3 Å². The van der Waals surface area contributed by atoms with E-state index in [1.807, 2.05) is 0 Å². The normalized spacial score (nSPS) is 37.0. The standard InChI is InChI=1S/C12H12N3O5P/c1-12(6-13)7-5-21(18)19-4-8(7)20-10(12)15-3-2-9(16)14-11(15)17/h2-3,7-8,10H,4-5H2,1H3/p+1/t7-,8-,10-,12-/m1/s1. The largest absolute Gasteiger partial charge is 0.508 e. The summed E-state index contributed by atoms with van der Waals surface area (Å²) >= 11 is 0. The molecule has 1 aromatic heterocycles. The molecule has 1 N–H and O–H groups in total. The Morgan fingerprint density at radius 3 is 3.00 bits per heavy atom. The zero-order valence-corrected chi connectivity index (χ0v) is 12.1. The van der Waals surface area contributed by atoms with Gasteiger partial charge in [-0.1, -0.05) is 0 Å². The Labute approximate surface area is 120 Å². The molecule has 3 heterocycles. The number of nitrogens with zero attached hydrogens (tertiary/aromatic N) is 2. The van der Waals surface area contributed by atoms with Crippen molar-refractivity contribution in [2.75, 3.05) is 12.8 Å². The molecule has 0 aromatic carbocycles. The van der Waals surface area contributed by atoms with Crippen LogP contribution in [0.5, 0.6) is 0 Å². The maximum Gasteiger partial charge on any atom is 0.508 e. The third kappa shape index (κ3) is 2.14. The fraction of sp³-hybridized carbons (Fsp3) is 0.583. The van der Waals surface area contributed by atoms with Crippen LogP contribution in [0.3, 0.4) is 0 Å². The van der Waals surface area contributed by atoms with Gasteiger partial charge in [0.1, 0.15) is 12.0 Å². The van der Waals surface area contributed by atoms with Gasteiger partial charge in [-0.2, -0.15) is 5.26 Å². The molecule has 1 aromatic rings. The molecule has 3 rings (SSSR count). The van der Waals surface area contributed by atoms with Gasteiger partial charge in [-0.05, 0) is 11.5 Å². The number of rotatable bonds is 1. The summed E-state index contributed by atoms with van der Waals surface area (Å²) in [6.45, 7) is 1.81. The lowest BCUT2D eigenvalue weighted by Crippen LogP contribution is -2.39. The molecule has 2 aliphatic heterocycles. The second-order valence-electron chi connectivity index (χ2n) is 5.36. The quantitative estimate of drug-likeness (QED) is 0.749. The predicted molar refractivity (Wildman–Crippen MR) is 70.9 cm³/mol. The summed E-state index contributed by atoms with van der Waals surface area (Å²) in [5.74, 6) is -0.288. The molecular weight excluding hydrogens is 297 g/mol. The summed E-state index contributed by atoms with van der Waals surface area (Å²) in [7, 11) is -1.81. The molecule has 110 valence electrons. The van der Waals surface area contributed by atoms with E-state index in [2.05, 4.69) is 11.1 Å². The first kappa shape index (κ1) is 14.1. The maximum absolute atomic E-state index is 11.9. The van der Waals surface area contributed by atoms with Gasteiger partial charge in [0, 0.05) is 12.3 Å². The maximum atomic E-state index is 11.9. The molecule has 2 fully saturated rings. The van der Waals surface area contributed by atoms with Crippen LogP contribution in [0.1, 0.15) is 13.2 Å². The van der Waals surface area contributed by atoms with Crippen LogP contribution in [0, 0.1) is 22.7 Å². The highest BCUT2D eigenvalue weighted by Crippen LogP contribution is 2.54. The van der Waals surface area contributed by atoms with Crippen molar-refractivity contribution in [1.82, 2.24) is 9.55 Å². The van der Waals surface area contributed by atoms with Crippen LogP contribution in [0.15, 0.2) is 21.9 Å². The van der Waals surface area contributed by atoms with E-state index in [9.17, 15) is 19.4 Å². The van der Waals surface area contributed by atoms with Crippen LogP contribution >= 0.6 is 8.03 Å². The van der Waals surface area contributed by atoms with E-state index in [4.69, 9.17) is 9.26 Å². The summed E-state index contributed by atoms with van der Waals surface area (Å²) in [6, 6.07) is 3.39. The third-order valence-electron chi connectivity index (χ3n) is 4.11. The Hall–Kier alpha value is -1.81. The van der Waals surface area contributed by atoms with Gasteiger partial charge in [-0.25, -0.2) is 4.79 Å². The molecule has 0 aliphatic carbocycles. The topological polar surface area (TPSA) is 114 Å². The molecule has 0 amide bonds. The van der Waals surface area contributed by atoms with E-state index >= 15 is 0 Å². The van der Waals surface area contributed by atoms with Crippen molar-refractivity contribution in [3.8, 4) is 6.07 Å². The third-order valence-corrected chi connectivity index (χ3v) is 5.24. The smallest absolute Gasteiger partial charge is 0.350 e. The molecule has 1 unspecified atom stereocenters. The Morgan fingerprint density at radius 1 is 1.57 bits per heavy atom. The average molecular weight is 310 g/mol. The lowest BCUT2D eigenvalue weighted by atomic mass is 9.77. The first-order valence-corrected chi connectivity index (χ1v) is 7.78. The van der Waals surface area contributed by atoms with Gasteiger partial charge >= 0.3 is 13.7 Å². The summed E-state index contributed by atoms with van der Waals surface area (Å²) in [4.78, 5) is 25.2. The monoisotopic (exact) mass is 310 g/mol. The first-order valence-electron chi connectivity index (χ1n) is 6.41. The van der Waals surface area contributed by atoms with Gasteiger partial charge in [0.05, 0.1) is 18.1 Å². The van der Waals surface area contributed by atoms with E-state index in [0.717, 1.165) is 0 Å². The van der Waals surface area contributed by atoms with Crippen molar-refractivity contribution in [1.29, 1.82) is 5.26 Å². The fourth-order valence-corrected chi connectivity index (χ4v) is 4.26. The van der Waals surface area contributed by atoms with Gasteiger partial charge < -0.3 is 4.74 Å². The zero-order chi connectivity index (χ0) is 15.2. The molecule has 2 aliphatic rings. The van der Waals surface area contributed by atoms with E-state index in [1.54, 1.807) is 6.92 Å². The lowest BCUT2D eigenvalue weighted by molar-refractivity contribution is -0.0419. The van der Waals surface area contributed by atoms with Crippen molar-refractivity contribution in [3.63, 3.8) is 0 Å². The highest BCUT2D eigenvalue weighted by molar-refractivity contribution is 7.39. The fourth-order valence-electron chi connectivity index (χ4n) is 2.91. The average Bonchev–Trinajstić information content (AvgIpc) is 2.73.